The van der Waals surface area contributed by atoms with Crippen LogP contribution < -0.4 is 5.32 Å². The SMILES string of the molecule is COC(=O)c1sc(NC(=O)c2ccc(S(=O)(=O)N3CC(C)CC(C)C3)cc2)nc1C. The second-order valence-corrected chi connectivity index (χ2v) is 10.6. The van der Waals surface area contributed by atoms with Crippen LogP contribution in [0.15, 0.2) is 29.2 Å². The summed E-state index contributed by atoms with van der Waals surface area (Å²) in [7, 11) is -2.33. The van der Waals surface area contributed by atoms with E-state index >= 15 is 0 Å². The molecule has 1 aliphatic heterocycles. The van der Waals surface area contributed by atoms with Gasteiger partial charge in [-0.2, -0.15) is 4.31 Å². The number of amides is 1. The number of rotatable bonds is 5. The van der Waals surface area contributed by atoms with Gasteiger partial charge >= 0.3 is 5.97 Å². The Morgan fingerprint density at radius 2 is 1.77 bits per heavy atom. The molecule has 0 bridgehead atoms. The van der Waals surface area contributed by atoms with E-state index in [0.717, 1.165) is 17.8 Å². The maximum atomic E-state index is 13.0. The van der Waals surface area contributed by atoms with Crippen molar-refractivity contribution in [2.45, 2.75) is 32.1 Å². The van der Waals surface area contributed by atoms with E-state index in [0.29, 0.717) is 41.1 Å². The number of nitrogens with one attached hydrogen (secondary N) is 1. The van der Waals surface area contributed by atoms with Crippen molar-refractivity contribution in [1.82, 2.24) is 9.29 Å². The van der Waals surface area contributed by atoms with Crippen LogP contribution in [-0.2, 0) is 14.8 Å². The van der Waals surface area contributed by atoms with Crippen molar-refractivity contribution in [1.29, 1.82) is 0 Å². The molecule has 2 aromatic rings. The minimum absolute atomic E-state index is 0.165. The van der Waals surface area contributed by atoms with Crippen molar-refractivity contribution < 1.29 is 22.7 Å². The number of hydrogen-bond acceptors (Lipinski definition) is 7. The molecule has 1 aliphatic rings. The lowest BCUT2D eigenvalue weighted by Crippen LogP contribution is -2.42. The van der Waals surface area contributed by atoms with Gasteiger partial charge in [-0.1, -0.05) is 25.2 Å². The number of benzene rings is 1. The zero-order valence-corrected chi connectivity index (χ0v) is 19.0. The second kappa shape index (κ2) is 8.83. The molecule has 0 radical (unpaired) electrons. The molecular weight excluding hydrogens is 426 g/mol. The summed E-state index contributed by atoms with van der Waals surface area (Å²) in [4.78, 5) is 28.8. The first-order valence-electron chi connectivity index (χ1n) is 9.59. The van der Waals surface area contributed by atoms with E-state index in [1.54, 1.807) is 6.92 Å². The number of anilines is 1. The number of hydrogen-bond donors (Lipinski definition) is 1. The molecule has 2 unspecified atom stereocenters. The van der Waals surface area contributed by atoms with Crippen molar-refractivity contribution in [3.8, 4) is 0 Å². The molecule has 1 fully saturated rings. The van der Waals surface area contributed by atoms with Crippen LogP contribution in [-0.4, -0.2) is 49.8 Å². The van der Waals surface area contributed by atoms with Gasteiger partial charge in [0.25, 0.3) is 5.91 Å². The average molecular weight is 452 g/mol. The van der Waals surface area contributed by atoms with Gasteiger partial charge in [-0.3, -0.25) is 10.1 Å². The third kappa shape index (κ3) is 4.71. The number of thiazole rings is 1. The topological polar surface area (TPSA) is 106 Å². The van der Waals surface area contributed by atoms with Crippen molar-refractivity contribution >= 4 is 38.4 Å². The average Bonchev–Trinajstić information content (AvgIpc) is 3.06. The predicted octanol–water partition coefficient (Wildman–Crippen LogP) is 3.16. The number of carbonyl (C=O) groups is 2. The van der Waals surface area contributed by atoms with Crippen LogP contribution >= 0.6 is 11.3 Å². The van der Waals surface area contributed by atoms with Crippen LogP contribution in [0, 0.1) is 18.8 Å². The Kier molecular flexibility index (Phi) is 6.59. The highest BCUT2D eigenvalue weighted by molar-refractivity contribution is 7.89. The molecule has 1 amide bonds. The number of carbonyl (C=O) groups excluding carboxylic acids is 2. The fourth-order valence-corrected chi connectivity index (χ4v) is 6.19. The van der Waals surface area contributed by atoms with Gasteiger partial charge in [-0.05, 0) is 49.4 Å². The molecule has 1 N–H and O–H groups in total. The number of nitrogens with zero attached hydrogens (tertiary/aromatic N) is 2. The third-order valence-electron chi connectivity index (χ3n) is 4.98. The van der Waals surface area contributed by atoms with E-state index in [1.165, 1.54) is 35.7 Å². The minimum atomic E-state index is -3.60. The predicted molar refractivity (Wildman–Crippen MR) is 114 cm³/mol. The molecule has 30 heavy (non-hydrogen) atoms. The molecule has 0 saturated carbocycles. The van der Waals surface area contributed by atoms with E-state index in [1.807, 2.05) is 0 Å². The molecule has 1 aromatic heterocycles. The van der Waals surface area contributed by atoms with E-state index < -0.39 is 21.9 Å². The number of ether oxygens (including phenoxy) is 1. The molecular formula is C20H25N3O5S2. The Bertz CT molecular complexity index is 1040. The molecule has 1 saturated heterocycles. The Hall–Kier alpha value is -2.30. The lowest BCUT2D eigenvalue weighted by atomic mass is 9.94. The number of aromatic nitrogens is 1. The number of sulfonamides is 1. The summed E-state index contributed by atoms with van der Waals surface area (Å²) in [5.74, 6) is -0.332. The Morgan fingerprint density at radius 1 is 1.17 bits per heavy atom. The van der Waals surface area contributed by atoms with Gasteiger partial charge in [0.2, 0.25) is 10.0 Å². The largest absolute Gasteiger partial charge is 0.465 e. The molecule has 10 heteroatoms. The standard InChI is InChI=1S/C20H25N3O5S2/c1-12-9-13(2)11-23(10-12)30(26,27)16-7-5-15(6-8-16)18(24)22-20-21-14(3)17(29-20)19(25)28-4/h5-8,12-13H,9-11H2,1-4H3,(H,21,22,24). The lowest BCUT2D eigenvalue weighted by Gasteiger charge is -2.34. The molecule has 3 rings (SSSR count). The van der Waals surface area contributed by atoms with Gasteiger partial charge < -0.3 is 4.74 Å². The number of methoxy groups -OCH3 is 1. The van der Waals surface area contributed by atoms with E-state index in [4.69, 9.17) is 0 Å². The van der Waals surface area contributed by atoms with Crippen molar-refractivity contribution in [3.05, 3.63) is 40.4 Å². The smallest absolute Gasteiger partial charge is 0.350 e. The fraction of sp³-hybridized carbons (Fsp3) is 0.450. The molecule has 1 aromatic carbocycles. The van der Waals surface area contributed by atoms with E-state index in [-0.39, 0.29) is 10.0 Å². The van der Waals surface area contributed by atoms with E-state index in [9.17, 15) is 18.0 Å². The first-order valence-corrected chi connectivity index (χ1v) is 11.8. The fourth-order valence-electron chi connectivity index (χ4n) is 3.63. The molecule has 2 atom stereocenters. The minimum Gasteiger partial charge on any atom is -0.465 e. The maximum Gasteiger partial charge on any atom is 0.350 e. The number of esters is 1. The zero-order valence-electron chi connectivity index (χ0n) is 17.3. The van der Waals surface area contributed by atoms with Gasteiger partial charge in [-0.15, -0.1) is 0 Å². The summed E-state index contributed by atoms with van der Waals surface area (Å²) in [5, 5.41) is 2.90. The molecule has 2 heterocycles. The summed E-state index contributed by atoms with van der Waals surface area (Å²) >= 11 is 1.02. The Morgan fingerprint density at radius 3 is 2.33 bits per heavy atom. The first kappa shape index (κ1) is 22.4. The third-order valence-corrected chi connectivity index (χ3v) is 7.88. The maximum absolute atomic E-state index is 13.0. The van der Waals surface area contributed by atoms with Crippen molar-refractivity contribution in [3.63, 3.8) is 0 Å². The zero-order chi connectivity index (χ0) is 22.1. The summed E-state index contributed by atoms with van der Waals surface area (Å²) in [6.45, 7) is 6.76. The van der Waals surface area contributed by atoms with Crippen LogP contribution in [0.4, 0.5) is 5.13 Å². The van der Waals surface area contributed by atoms with Gasteiger partial charge in [0, 0.05) is 18.7 Å². The van der Waals surface area contributed by atoms with Crippen LogP contribution in [0.1, 0.15) is 46.0 Å². The normalized spacial score (nSPS) is 20.0. The quantitative estimate of drug-likeness (QED) is 0.700. The molecule has 162 valence electrons. The summed E-state index contributed by atoms with van der Waals surface area (Å²) in [5.41, 5.74) is 0.760. The Labute approximate surface area is 180 Å². The first-order chi connectivity index (χ1) is 14.1. The molecule has 8 nitrogen and oxygen atoms in total. The van der Waals surface area contributed by atoms with Crippen LogP contribution in [0.2, 0.25) is 0 Å². The number of piperidine rings is 1. The highest BCUT2D eigenvalue weighted by atomic mass is 32.2. The summed E-state index contributed by atoms with van der Waals surface area (Å²) in [6.07, 6.45) is 1.01. The van der Waals surface area contributed by atoms with Crippen LogP contribution in [0.25, 0.3) is 0 Å². The highest BCUT2D eigenvalue weighted by Crippen LogP contribution is 2.27. The monoisotopic (exact) mass is 451 g/mol. The van der Waals surface area contributed by atoms with Gasteiger partial charge in [0.1, 0.15) is 4.88 Å². The second-order valence-electron chi connectivity index (χ2n) is 7.67. The van der Waals surface area contributed by atoms with Crippen LogP contribution in [0.5, 0.6) is 0 Å². The van der Waals surface area contributed by atoms with Crippen LogP contribution in [0.3, 0.4) is 0 Å². The summed E-state index contributed by atoms with van der Waals surface area (Å²) in [6, 6.07) is 5.84. The molecule has 0 aliphatic carbocycles. The Balaban J connectivity index is 1.74. The van der Waals surface area contributed by atoms with E-state index in [2.05, 4.69) is 28.9 Å². The highest BCUT2D eigenvalue weighted by Gasteiger charge is 2.31. The van der Waals surface area contributed by atoms with Crippen molar-refractivity contribution in [2.75, 3.05) is 25.5 Å². The summed E-state index contributed by atoms with van der Waals surface area (Å²) < 4.78 is 32.1. The van der Waals surface area contributed by atoms with Gasteiger partial charge in [0.15, 0.2) is 5.13 Å². The van der Waals surface area contributed by atoms with Gasteiger partial charge in [0.05, 0.1) is 17.7 Å². The van der Waals surface area contributed by atoms with Gasteiger partial charge in [-0.25, -0.2) is 18.2 Å². The lowest BCUT2D eigenvalue weighted by molar-refractivity contribution is 0.0605. The molecule has 0 spiro atoms. The number of aryl methyl sites for hydroxylation is 1. The van der Waals surface area contributed by atoms with Crippen molar-refractivity contribution in [2.24, 2.45) is 11.8 Å².